The Hall–Kier alpha value is -3.05. The summed E-state index contributed by atoms with van der Waals surface area (Å²) in [5, 5.41) is 11.1. The number of aromatic nitrogens is 4. The molecule has 0 bridgehead atoms. The lowest BCUT2D eigenvalue weighted by Crippen LogP contribution is -2.17. The molecule has 0 aliphatic heterocycles. The molecule has 0 radical (unpaired) electrons. The van der Waals surface area contributed by atoms with Gasteiger partial charge in [0.2, 0.25) is 5.91 Å². The number of benzene rings is 1. The molecule has 0 aliphatic rings. The zero-order chi connectivity index (χ0) is 22.4. The van der Waals surface area contributed by atoms with Crippen molar-refractivity contribution in [2.24, 2.45) is 5.92 Å². The molecule has 1 aromatic carbocycles. The molecule has 3 rings (SSSR count). The third-order valence-corrected chi connectivity index (χ3v) is 5.76. The summed E-state index contributed by atoms with van der Waals surface area (Å²) in [6.45, 7) is 5.89. The molecule has 2 heterocycles. The first-order chi connectivity index (χ1) is 14.8. The summed E-state index contributed by atoms with van der Waals surface area (Å²) in [5.74, 6) is -0.591. The lowest BCUT2D eigenvalue weighted by molar-refractivity contribution is -0.113. The molecule has 0 atom stereocenters. The van der Waals surface area contributed by atoms with Crippen molar-refractivity contribution in [3.05, 3.63) is 51.3 Å². The first kappa shape index (κ1) is 22.6. The lowest BCUT2D eigenvalue weighted by Gasteiger charge is -2.05. The number of H-pyrrole nitrogens is 1. The molecule has 9 nitrogen and oxygen atoms in total. The molecule has 162 valence electrons. The fourth-order valence-corrected chi connectivity index (χ4v) is 3.89. The normalized spacial score (nSPS) is 10.8. The minimum Gasteiger partial charge on any atom is -0.461 e. The Morgan fingerprint density at radius 2 is 1.97 bits per heavy atom. The molecular formula is C20H21N5O4S2. The number of nitrogens with one attached hydrogen (secondary N) is 2. The van der Waals surface area contributed by atoms with Gasteiger partial charge in [0, 0.05) is 5.56 Å². The van der Waals surface area contributed by atoms with E-state index < -0.39 is 5.97 Å². The number of esters is 1. The Morgan fingerprint density at radius 1 is 1.23 bits per heavy atom. The molecule has 0 aliphatic carbocycles. The summed E-state index contributed by atoms with van der Waals surface area (Å²) in [4.78, 5) is 43.8. The number of hydrogen-bond acceptors (Lipinski definition) is 9. The number of thiazole rings is 1. The Balaban J connectivity index is 1.57. The van der Waals surface area contributed by atoms with E-state index in [1.165, 1.54) is 0 Å². The summed E-state index contributed by atoms with van der Waals surface area (Å²) in [7, 11) is 0. The van der Waals surface area contributed by atoms with Crippen molar-refractivity contribution in [3.63, 3.8) is 0 Å². The van der Waals surface area contributed by atoms with Gasteiger partial charge in [-0.05, 0) is 12.8 Å². The smallest absolute Gasteiger partial charge is 0.350 e. The summed E-state index contributed by atoms with van der Waals surface area (Å²) in [6, 6.07) is 8.98. The van der Waals surface area contributed by atoms with Crippen LogP contribution in [0.3, 0.4) is 0 Å². The van der Waals surface area contributed by atoms with E-state index in [4.69, 9.17) is 4.74 Å². The van der Waals surface area contributed by atoms with E-state index in [9.17, 15) is 14.4 Å². The maximum atomic E-state index is 12.3. The molecule has 0 spiro atoms. The topological polar surface area (TPSA) is 127 Å². The second-order valence-electron chi connectivity index (χ2n) is 6.94. The SMILES string of the molecule is Cc1nc(NC(=O)CSc2nnc(-c3ccccc3)c(=O)[nH]2)sc1C(=O)OCC(C)C. The van der Waals surface area contributed by atoms with Crippen LogP contribution in [0.1, 0.15) is 29.2 Å². The number of anilines is 1. The van der Waals surface area contributed by atoms with Crippen LogP contribution in [0.2, 0.25) is 0 Å². The Kier molecular flexibility index (Phi) is 7.53. The predicted molar refractivity (Wildman–Crippen MR) is 119 cm³/mol. The molecule has 31 heavy (non-hydrogen) atoms. The van der Waals surface area contributed by atoms with Crippen molar-refractivity contribution < 1.29 is 14.3 Å². The second kappa shape index (κ2) is 10.3. The Labute approximate surface area is 186 Å². The number of amides is 1. The molecule has 0 saturated carbocycles. The van der Waals surface area contributed by atoms with Gasteiger partial charge in [0.05, 0.1) is 18.1 Å². The number of hydrogen-bond donors (Lipinski definition) is 2. The van der Waals surface area contributed by atoms with Crippen LogP contribution in [-0.4, -0.2) is 44.4 Å². The second-order valence-corrected chi connectivity index (χ2v) is 8.90. The average molecular weight is 460 g/mol. The molecule has 11 heteroatoms. The highest BCUT2D eigenvalue weighted by molar-refractivity contribution is 7.99. The van der Waals surface area contributed by atoms with E-state index in [1.54, 1.807) is 31.2 Å². The van der Waals surface area contributed by atoms with E-state index in [2.05, 4.69) is 25.5 Å². The number of carbonyl (C=O) groups is 2. The van der Waals surface area contributed by atoms with Gasteiger partial charge in [0.15, 0.2) is 16.0 Å². The van der Waals surface area contributed by atoms with Gasteiger partial charge in [0.25, 0.3) is 5.56 Å². The highest BCUT2D eigenvalue weighted by atomic mass is 32.2. The molecule has 2 aromatic heterocycles. The highest BCUT2D eigenvalue weighted by Gasteiger charge is 2.18. The summed E-state index contributed by atoms with van der Waals surface area (Å²) in [6.07, 6.45) is 0. The van der Waals surface area contributed by atoms with Gasteiger partial charge in [-0.1, -0.05) is 67.3 Å². The number of thioether (sulfide) groups is 1. The molecular weight excluding hydrogens is 438 g/mol. The first-order valence-corrected chi connectivity index (χ1v) is 11.2. The number of carbonyl (C=O) groups excluding carboxylic acids is 2. The van der Waals surface area contributed by atoms with Gasteiger partial charge in [-0.3, -0.25) is 14.6 Å². The third kappa shape index (κ3) is 6.22. The number of rotatable bonds is 8. The maximum Gasteiger partial charge on any atom is 0.350 e. The van der Waals surface area contributed by atoms with Crippen molar-refractivity contribution >= 4 is 40.1 Å². The fraction of sp³-hybridized carbons (Fsp3) is 0.300. The number of ether oxygens (including phenoxy) is 1. The molecule has 2 N–H and O–H groups in total. The van der Waals surface area contributed by atoms with Gasteiger partial charge in [0.1, 0.15) is 4.88 Å². The zero-order valence-electron chi connectivity index (χ0n) is 17.2. The van der Waals surface area contributed by atoms with Crippen LogP contribution in [0.4, 0.5) is 5.13 Å². The zero-order valence-corrected chi connectivity index (χ0v) is 18.8. The summed E-state index contributed by atoms with van der Waals surface area (Å²) < 4.78 is 5.21. The van der Waals surface area contributed by atoms with Gasteiger partial charge >= 0.3 is 5.97 Å². The van der Waals surface area contributed by atoms with Crippen LogP contribution < -0.4 is 10.9 Å². The Morgan fingerprint density at radius 3 is 2.65 bits per heavy atom. The molecule has 0 fully saturated rings. The predicted octanol–water partition coefficient (Wildman–Crippen LogP) is 3.14. The quantitative estimate of drug-likeness (QED) is 0.388. The number of aromatic amines is 1. The summed E-state index contributed by atoms with van der Waals surface area (Å²) in [5.41, 5.74) is 0.981. The first-order valence-electron chi connectivity index (χ1n) is 9.43. The highest BCUT2D eigenvalue weighted by Crippen LogP contribution is 2.24. The van der Waals surface area contributed by atoms with E-state index in [1.807, 2.05) is 19.9 Å². The number of nitrogens with zero attached hydrogens (tertiary/aromatic N) is 3. The Bertz CT molecular complexity index is 1130. The minimum atomic E-state index is -0.454. The van der Waals surface area contributed by atoms with Gasteiger partial charge in [-0.2, -0.15) is 0 Å². The van der Waals surface area contributed by atoms with E-state index in [0.29, 0.717) is 27.9 Å². The van der Waals surface area contributed by atoms with Crippen LogP contribution in [0.25, 0.3) is 11.3 Å². The standard InChI is InChI=1S/C20H21N5O4S2/c1-11(2)9-29-18(28)16-12(3)21-19(31-16)22-14(26)10-30-20-23-17(27)15(24-25-20)13-7-5-4-6-8-13/h4-8,11H,9-10H2,1-3H3,(H,21,22,26)(H,23,25,27). The molecule has 1 amide bonds. The van der Waals surface area contributed by atoms with E-state index in [0.717, 1.165) is 23.1 Å². The molecule has 0 unspecified atom stereocenters. The van der Waals surface area contributed by atoms with E-state index >= 15 is 0 Å². The van der Waals surface area contributed by atoms with Crippen LogP contribution in [-0.2, 0) is 9.53 Å². The van der Waals surface area contributed by atoms with Gasteiger partial charge in [-0.25, -0.2) is 9.78 Å². The maximum absolute atomic E-state index is 12.3. The minimum absolute atomic E-state index is 0.0128. The monoisotopic (exact) mass is 459 g/mol. The van der Waals surface area contributed by atoms with Crippen molar-refractivity contribution in [1.29, 1.82) is 0 Å². The van der Waals surface area contributed by atoms with Gasteiger partial charge in [-0.15, -0.1) is 10.2 Å². The number of aryl methyl sites for hydroxylation is 1. The van der Waals surface area contributed by atoms with Crippen molar-refractivity contribution in [3.8, 4) is 11.3 Å². The van der Waals surface area contributed by atoms with E-state index in [-0.39, 0.29) is 34.0 Å². The van der Waals surface area contributed by atoms with Crippen LogP contribution in [0.5, 0.6) is 0 Å². The summed E-state index contributed by atoms with van der Waals surface area (Å²) >= 11 is 2.10. The fourth-order valence-electron chi connectivity index (χ4n) is 2.41. The molecule has 3 aromatic rings. The molecule has 0 saturated heterocycles. The van der Waals surface area contributed by atoms with Crippen LogP contribution in [0, 0.1) is 12.8 Å². The van der Waals surface area contributed by atoms with Crippen LogP contribution in [0.15, 0.2) is 40.3 Å². The third-order valence-electron chi connectivity index (χ3n) is 3.84. The average Bonchev–Trinajstić information content (AvgIpc) is 3.11. The lowest BCUT2D eigenvalue weighted by atomic mass is 10.2. The van der Waals surface area contributed by atoms with Crippen molar-refractivity contribution in [2.75, 3.05) is 17.7 Å². The van der Waals surface area contributed by atoms with Gasteiger partial charge < -0.3 is 10.1 Å². The van der Waals surface area contributed by atoms with Crippen molar-refractivity contribution in [1.82, 2.24) is 20.2 Å². The van der Waals surface area contributed by atoms with Crippen LogP contribution >= 0.6 is 23.1 Å². The van der Waals surface area contributed by atoms with Crippen molar-refractivity contribution in [2.45, 2.75) is 25.9 Å². The largest absolute Gasteiger partial charge is 0.461 e.